The second kappa shape index (κ2) is 8.47. The lowest BCUT2D eigenvalue weighted by Gasteiger charge is -2.10. The molecule has 0 radical (unpaired) electrons. The summed E-state index contributed by atoms with van der Waals surface area (Å²) in [4.78, 5) is 24.4. The van der Waals surface area contributed by atoms with Crippen LogP contribution in [0.5, 0.6) is 0 Å². The second-order valence-electron chi connectivity index (χ2n) is 7.74. The Labute approximate surface area is 179 Å². The van der Waals surface area contributed by atoms with Crippen LogP contribution < -0.4 is 5.73 Å². The molecule has 2 N–H and O–H groups in total. The molecule has 3 aromatic rings. The molecular weight excluding hydrogens is 398 g/mol. The van der Waals surface area contributed by atoms with Crippen LogP contribution in [-0.4, -0.2) is 36.8 Å². The summed E-state index contributed by atoms with van der Waals surface area (Å²) >= 11 is 1.31. The number of hydrogen-bond donors (Lipinski definition) is 1. The van der Waals surface area contributed by atoms with Crippen LogP contribution in [0.1, 0.15) is 51.9 Å². The summed E-state index contributed by atoms with van der Waals surface area (Å²) in [6.45, 7) is 4.78. The first-order chi connectivity index (χ1) is 14.4. The van der Waals surface area contributed by atoms with Crippen molar-refractivity contribution in [2.24, 2.45) is 5.73 Å². The topological polar surface area (TPSA) is 95.8 Å². The summed E-state index contributed by atoms with van der Waals surface area (Å²) in [5, 5.41) is 9.01. The summed E-state index contributed by atoms with van der Waals surface area (Å²) < 4.78 is 3.92. The number of carbonyl (C=O) groups excluding carboxylic acids is 2. The van der Waals surface area contributed by atoms with Crippen LogP contribution in [-0.2, 0) is 17.9 Å². The number of nitrogens with two attached hydrogens (primary N) is 1. The van der Waals surface area contributed by atoms with Gasteiger partial charge in [-0.3, -0.25) is 14.2 Å². The Kier molecular flexibility index (Phi) is 5.76. The number of hydrogen-bond acceptors (Lipinski definition) is 5. The molecule has 0 atom stereocenters. The molecule has 0 spiro atoms. The predicted molar refractivity (Wildman–Crippen MR) is 116 cm³/mol. The molecule has 1 fully saturated rings. The van der Waals surface area contributed by atoms with E-state index in [4.69, 9.17) is 5.73 Å². The molecule has 1 saturated carbocycles. The number of Topliss-reactive ketones (excluding diaryl/α,β-unsaturated/α-hetero) is 1. The fraction of sp³-hybridized carbons (Fsp3) is 0.364. The molecular formula is C22H25N5O2S. The average Bonchev–Trinajstić information content (AvgIpc) is 3.44. The first-order valence-corrected chi connectivity index (χ1v) is 11.0. The zero-order valence-corrected chi connectivity index (χ0v) is 18.0. The molecule has 4 rings (SSSR count). The molecule has 7 nitrogen and oxygen atoms in total. The average molecular weight is 424 g/mol. The van der Waals surface area contributed by atoms with Gasteiger partial charge in [-0.15, -0.1) is 10.2 Å². The summed E-state index contributed by atoms with van der Waals surface area (Å²) in [6, 6.07) is 12.1. The molecule has 8 heteroatoms. The largest absolute Gasteiger partial charge is 0.368 e. The monoisotopic (exact) mass is 423 g/mol. The molecule has 1 aliphatic carbocycles. The van der Waals surface area contributed by atoms with Crippen LogP contribution in [0.2, 0.25) is 0 Å². The van der Waals surface area contributed by atoms with Crippen LogP contribution in [0.4, 0.5) is 0 Å². The van der Waals surface area contributed by atoms with Gasteiger partial charge in [0, 0.05) is 29.4 Å². The van der Waals surface area contributed by atoms with Crippen LogP contribution >= 0.6 is 11.8 Å². The lowest BCUT2D eigenvalue weighted by molar-refractivity contribution is -0.118. The maximum absolute atomic E-state index is 13.0. The van der Waals surface area contributed by atoms with Crippen molar-refractivity contribution in [3.05, 3.63) is 64.7 Å². The number of primary amides is 1. The second-order valence-corrected chi connectivity index (χ2v) is 8.68. The maximum Gasteiger partial charge on any atom is 0.237 e. The van der Waals surface area contributed by atoms with Crippen LogP contribution in [0.3, 0.4) is 0 Å². The zero-order valence-electron chi connectivity index (χ0n) is 17.2. The van der Waals surface area contributed by atoms with E-state index in [0.29, 0.717) is 11.1 Å². The first kappa shape index (κ1) is 20.4. The predicted octanol–water partition coefficient (Wildman–Crippen LogP) is 3.08. The van der Waals surface area contributed by atoms with Gasteiger partial charge in [0.1, 0.15) is 12.4 Å². The Bertz CT molecular complexity index is 1080. The highest BCUT2D eigenvalue weighted by atomic mass is 32.2. The molecule has 2 aromatic heterocycles. The van der Waals surface area contributed by atoms with Crippen molar-refractivity contribution in [3.63, 3.8) is 0 Å². The first-order valence-electron chi connectivity index (χ1n) is 10.0. The molecule has 2 heterocycles. The molecule has 1 amide bonds. The lowest BCUT2D eigenvalue weighted by Crippen LogP contribution is -2.21. The van der Waals surface area contributed by atoms with Gasteiger partial charge in [0.05, 0.1) is 5.75 Å². The standard InChI is InChI=1S/C22H25N5O2S/c1-14-10-18(15(2)26(14)11-16-6-4-3-5-7-16)19(28)13-30-22-25-24-21(17-8-9-17)27(22)12-20(23)29/h3-7,10,17H,8-9,11-13H2,1-2H3,(H2,23,29). The molecule has 0 bridgehead atoms. The molecule has 0 aliphatic heterocycles. The molecule has 30 heavy (non-hydrogen) atoms. The minimum Gasteiger partial charge on any atom is -0.368 e. The Morgan fingerprint density at radius 3 is 2.53 bits per heavy atom. The highest BCUT2D eigenvalue weighted by Gasteiger charge is 2.31. The number of benzene rings is 1. The van der Waals surface area contributed by atoms with Crippen molar-refractivity contribution in [1.82, 2.24) is 19.3 Å². The fourth-order valence-corrected chi connectivity index (χ4v) is 4.48. The summed E-state index contributed by atoms with van der Waals surface area (Å²) in [5.74, 6) is 0.976. The van der Waals surface area contributed by atoms with Gasteiger partial charge in [-0.25, -0.2) is 0 Å². The summed E-state index contributed by atoms with van der Waals surface area (Å²) in [5.41, 5.74) is 9.32. The Morgan fingerprint density at radius 2 is 1.87 bits per heavy atom. The van der Waals surface area contributed by atoms with E-state index in [1.54, 1.807) is 4.57 Å². The van der Waals surface area contributed by atoms with Crippen molar-refractivity contribution in [3.8, 4) is 0 Å². The number of rotatable bonds is 9. The van der Waals surface area contributed by atoms with Gasteiger partial charge in [0.15, 0.2) is 10.9 Å². The van der Waals surface area contributed by atoms with Crippen molar-refractivity contribution in [2.45, 2.75) is 50.9 Å². The fourth-order valence-electron chi connectivity index (χ4n) is 3.66. The van der Waals surface area contributed by atoms with E-state index >= 15 is 0 Å². The number of carbonyl (C=O) groups is 2. The number of ketones is 1. The highest BCUT2D eigenvalue weighted by Crippen LogP contribution is 2.40. The van der Waals surface area contributed by atoms with E-state index in [0.717, 1.165) is 42.2 Å². The van der Waals surface area contributed by atoms with Crippen molar-refractivity contribution >= 4 is 23.5 Å². The summed E-state index contributed by atoms with van der Waals surface area (Å²) in [7, 11) is 0. The minimum absolute atomic E-state index is 0.0361. The Morgan fingerprint density at radius 1 is 1.13 bits per heavy atom. The third-order valence-corrected chi connectivity index (χ3v) is 6.36. The smallest absolute Gasteiger partial charge is 0.237 e. The van der Waals surface area contributed by atoms with Gasteiger partial charge < -0.3 is 10.3 Å². The highest BCUT2D eigenvalue weighted by molar-refractivity contribution is 7.99. The third-order valence-electron chi connectivity index (χ3n) is 5.39. The van der Waals surface area contributed by atoms with Crippen molar-refractivity contribution < 1.29 is 9.59 Å². The number of nitrogens with zero attached hydrogens (tertiary/aromatic N) is 4. The van der Waals surface area contributed by atoms with Gasteiger partial charge in [0.2, 0.25) is 5.91 Å². The Hall–Kier alpha value is -2.87. The van der Waals surface area contributed by atoms with E-state index in [9.17, 15) is 9.59 Å². The number of aryl methyl sites for hydroxylation is 1. The number of aromatic nitrogens is 4. The van der Waals surface area contributed by atoms with Gasteiger partial charge in [-0.1, -0.05) is 42.1 Å². The van der Waals surface area contributed by atoms with Gasteiger partial charge in [-0.2, -0.15) is 0 Å². The number of thioether (sulfide) groups is 1. The van der Waals surface area contributed by atoms with Crippen molar-refractivity contribution in [1.29, 1.82) is 0 Å². The van der Waals surface area contributed by atoms with E-state index in [-0.39, 0.29) is 18.1 Å². The zero-order chi connectivity index (χ0) is 21.3. The van der Waals surface area contributed by atoms with Crippen molar-refractivity contribution in [2.75, 3.05) is 5.75 Å². The van der Waals surface area contributed by atoms with E-state index in [1.807, 2.05) is 38.1 Å². The minimum atomic E-state index is -0.436. The Balaban J connectivity index is 1.49. The van der Waals surface area contributed by atoms with E-state index in [1.165, 1.54) is 17.3 Å². The quantitative estimate of drug-likeness (QED) is 0.421. The molecule has 0 unspecified atom stereocenters. The van der Waals surface area contributed by atoms with Crippen LogP contribution in [0.15, 0.2) is 41.6 Å². The summed E-state index contributed by atoms with van der Waals surface area (Å²) in [6.07, 6.45) is 2.10. The SMILES string of the molecule is Cc1cc(C(=O)CSc2nnc(C3CC3)n2CC(N)=O)c(C)n1Cc1ccccc1. The van der Waals surface area contributed by atoms with E-state index < -0.39 is 5.91 Å². The molecule has 1 aromatic carbocycles. The normalized spacial score (nSPS) is 13.5. The van der Waals surface area contributed by atoms with E-state index in [2.05, 4.69) is 26.9 Å². The lowest BCUT2D eigenvalue weighted by atomic mass is 10.2. The van der Waals surface area contributed by atoms with Gasteiger partial charge in [-0.05, 0) is 38.3 Å². The third kappa shape index (κ3) is 4.33. The van der Waals surface area contributed by atoms with Gasteiger partial charge >= 0.3 is 0 Å². The molecule has 156 valence electrons. The maximum atomic E-state index is 13.0. The van der Waals surface area contributed by atoms with Crippen LogP contribution in [0.25, 0.3) is 0 Å². The molecule has 0 saturated heterocycles. The van der Waals surface area contributed by atoms with Crippen LogP contribution in [0, 0.1) is 13.8 Å². The molecule has 1 aliphatic rings. The van der Waals surface area contributed by atoms with Gasteiger partial charge in [0.25, 0.3) is 0 Å². The number of amides is 1.